The first-order valence-electron chi connectivity index (χ1n) is 11.5. The second kappa shape index (κ2) is 8.89. The monoisotopic (exact) mass is 444 g/mol. The number of hydrogen-bond donors (Lipinski definition) is 2. The van der Waals surface area contributed by atoms with E-state index in [0.717, 1.165) is 34.6 Å². The number of allylic oxidation sites excluding steroid dienone is 3. The first-order chi connectivity index (χ1) is 15.7. The van der Waals surface area contributed by atoms with Gasteiger partial charge in [0, 0.05) is 40.2 Å². The predicted molar refractivity (Wildman–Crippen MR) is 131 cm³/mol. The van der Waals surface area contributed by atoms with Gasteiger partial charge < -0.3 is 15.4 Å². The molecular weight excluding hydrogens is 412 g/mol. The summed E-state index contributed by atoms with van der Waals surface area (Å²) in [4.78, 5) is 27.2. The van der Waals surface area contributed by atoms with E-state index in [1.165, 1.54) is 0 Å². The molecule has 2 aromatic carbocycles. The minimum absolute atomic E-state index is 0.0822. The molecule has 0 radical (unpaired) electrons. The zero-order valence-corrected chi connectivity index (χ0v) is 20.0. The summed E-state index contributed by atoms with van der Waals surface area (Å²) in [5.74, 6) is 0.0792. The van der Waals surface area contributed by atoms with E-state index in [4.69, 9.17) is 4.74 Å². The van der Waals surface area contributed by atoms with E-state index in [9.17, 15) is 9.59 Å². The van der Waals surface area contributed by atoms with E-state index in [0.29, 0.717) is 29.9 Å². The highest BCUT2D eigenvalue weighted by Gasteiger charge is 2.43. The highest BCUT2D eigenvalue weighted by atomic mass is 16.5. The number of nitrogens with one attached hydrogen (secondary N) is 2. The highest BCUT2D eigenvalue weighted by molar-refractivity contribution is 6.10. The van der Waals surface area contributed by atoms with Crippen LogP contribution in [0.4, 0.5) is 5.69 Å². The van der Waals surface area contributed by atoms with Crippen LogP contribution in [0.15, 0.2) is 71.1 Å². The van der Waals surface area contributed by atoms with E-state index in [2.05, 4.69) is 24.5 Å². The maximum atomic E-state index is 13.7. The number of rotatable bonds is 5. The average molecular weight is 445 g/mol. The zero-order valence-electron chi connectivity index (χ0n) is 20.0. The number of amides is 1. The van der Waals surface area contributed by atoms with Gasteiger partial charge in [0.1, 0.15) is 5.75 Å². The predicted octanol–water partition coefficient (Wildman–Crippen LogP) is 5.64. The Kier molecular flexibility index (Phi) is 6.15. The smallest absolute Gasteiger partial charge is 0.254 e. The summed E-state index contributed by atoms with van der Waals surface area (Å²) in [5, 5.41) is 6.50. The Hall–Kier alpha value is -3.34. The van der Waals surface area contributed by atoms with Crippen LogP contribution in [0.3, 0.4) is 0 Å². The number of anilines is 1. The van der Waals surface area contributed by atoms with Crippen molar-refractivity contribution in [2.75, 3.05) is 11.9 Å². The number of carbonyl (C=O) groups is 2. The van der Waals surface area contributed by atoms with Crippen molar-refractivity contribution in [1.82, 2.24) is 5.32 Å². The summed E-state index contributed by atoms with van der Waals surface area (Å²) >= 11 is 0. The van der Waals surface area contributed by atoms with Crippen LogP contribution in [0, 0.1) is 12.3 Å². The van der Waals surface area contributed by atoms with Crippen LogP contribution >= 0.6 is 0 Å². The van der Waals surface area contributed by atoms with Crippen LogP contribution in [0.1, 0.15) is 57.6 Å². The number of ketones is 1. The van der Waals surface area contributed by atoms with Gasteiger partial charge in [0.25, 0.3) is 5.91 Å². The highest BCUT2D eigenvalue weighted by Crippen LogP contribution is 2.48. The first kappa shape index (κ1) is 22.8. The third-order valence-corrected chi connectivity index (χ3v) is 6.41. The molecule has 172 valence electrons. The Labute approximate surface area is 195 Å². The zero-order chi connectivity index (χ0) is 23.8. The van der Waals surface area contributed by atoms with Gasteiger partial charge in [-0.05, 0) is 50.3 Å². The van der Waals surface area contributed by atoms with E-state index < -0.39 is 5.92 Å². The summed E-state index contributed by atoms with van der Waals surface area (Å²) in [6.45, 7) is 10.5. The van der Waals surface area contributed by atoms with Crippen molar-refractivity contribution in [2.45, 2.75) is 53.4 Å². The molecule has 33 heavy (non-hydrogen) atoms. The second-order valence-electron chi connectivity index (χ2n) is 9.67. The van der Waals surface area contributed by atoms with Crippen molar-refractivity contribution < 1.29 is 14.3 Å². The van der Waals surface area contributed by atoms with Gasteiger partial charge in [-0.25, -0.2) is 0 Å². The summed E-state index contributed by atoms with van der Waals surface area (Å²) in [6, 6.07) is 15.4. The minimum Gasteiger partial charge on any atom is -0.494 e. The number of carbonyl (C=O) groups excluding carboxylic acids is 2. The third kappa shape index (κ3) is 4.45. The molecule has 1 aliphatic carbocycles. The van der Waals surface area contributed by atoms with Crippen molar-refractivity contribution in [3.8, 4) is 5.75 Å². The van der Waals surface area contributed by atoms with E-state index in [1.807, 2.05) is 69.3 Å². The lowest BCUT2D eigenvalue weighted by Gasteiger charge is -2.40. The van der Waals surface area contributed by atoms with E-state index in [-0.39, 0.29) is 17.1 Å². The summed E-state index contributed by atoms with van der Waals surface area (Å²) in [5.41, 5.74) is 5.37. The molecule has 2 aliphatic rings. The van der Waals surface area contributed by atoms with Gasteiger partial charge >= 0.3 is 0 Å². The Morgan fingerprint density at radius 1 is 1.09 bits per heavy atom. The Morgan fingerprint density at radius 3 is 2.52 bits per heavy atom. The van der Waals surface area contributed by atoms with Crippen molar-refractivity contribution in [2.24, 2.45) is 5.41 Å². The van der Waals surface area contributed by atoms with Crippen molar-refractivity contribution in [3.63, 3.8) is 0 Å². The van der Waals surface area contributed by atoms with Gasteiger partial charge in [-0.2, -0.15) is 0 Å². The number of benzene rings is 2. The molecule has 1 heterocycles. The largest absolute Gasteiger partial charge is 0.494 e. The summed E-state index contributed by atoms with van der Waals surface area (Å²) in [7, 11) is 0. The fourth-order valence-electron chi connectivity index (χ4n) is 4.96. The molecule has 5 nitrogen and oxygen atoms in total. The van der Waals surface area contributed by atoms with Gasteiger partial charge in [-0.15, -0.1) is 0 Å². The lowest BCUT2D eigenvalue weighted by atomic mass is 9.68. The van der Waals surface area contributed by atoms with Crippen molar-refractivity contribution >= 4 is 17.4 Å². The van der Waals surface area contributed by atoms with E-state index in [1.54, 1.807) is 0 Å². The van der Waals surface area contributed by atoms with E-state index >= 15 is 0 Å². The molecule has 1 atom stereocenters. The maximum absolute atomic E-state index is 13.7. The molecule has 0 unspecified atom stereocenters. The van der Waals surface area contributed by atoms with Gasteiger partial charge in [0.15, 0.2) is 5.78 Å². The van der Waals surface area contributed by atoms with Crippen LogP contribution in [-0.4, -0.2) is 18.3 Å². The van der Waals surface area contributed by atoms with Crippen LogP contribution in [0.25, 0.3) is 0 Å². The standard InChI is InChI=1S/C28H32N2O3/c1-6-33-23-14-10-8-12-19(23)25-24(27(32)30-20-13-9-7-11-17(20)2)18(3)29-21-15-28(4,5)16-22(31)26(21)25/h7-14,25,29H,6,15-16H2,1-5H3,(H,30,32)/t25-/m0/s1. The molecule has 2 aromatic rings. The summed E-state index contributed by atoms with van der Waals surface area (Å²) < 4.78 is 5.94. The minimum atomic E-state index is -0.489. The molecule has 0 spiro atoms. The van der Waals surface area contributed by atoms with Crippen LogP contribution in [-0.2, 0) is 9.59 Å². The molecule has 0 aromatic heterocycles. The quantitative estimate of drug-likeness (QED) is 0.627. The number of dihydropyridines is 1. The Morgan fingerprint density at radius 2 is 1.79 bits per heavy atom. The summed E-state index contributed by atoms with van der Waals surface area (Å²) in [6.07, 6.45) is 1.21. The average Bonchev–Trinajstić information content (AvgIpc) is 2.74. The van der Waals surface area contributed by atoms with Gasteiger partial charge in [0.05, 0.1) is 12.5 Å². The first-order valence-corrected chi connectivity index (χ1v) is 11.5. The lowest BCUT2D eigenvalue weighted by molar-refractivity contribution is -0.118. The number of aryl methyl sites for hydroxylation is 1. The molecule has 1 aliphatic heterocycles. The fraction of sp³-hybridized carbons (Fsp3) is 0.357. The van der Waals surface area contributed by atoms with Crippen molar-refractivity contribution in [1.29, 1.82) is 0 Å². The third-order valence-electron chi connectivity index (χ3n) is 6.41. The van der Waals surface area contributed by atoms with Gasteiger partial charge in [0.2, 0.25) is 0 Å². The van der Waals surface area contributed by atoms with Crippen LogP contribution < -0.4 is 15.4 Å². The van der Waals surface area contributed by atoms with Gasteiger partial charge in [-0.1, -0.05) is 50.2 Å². The molecule has 0 saturated heterocycles. The second-order valence-corrected chi connectivity index (χ2v) is 9.67. The molecular formula is C28H32N2O3. The Balaban J connectivity index is 1.86. The molecule has 2 N–H and O–H groups in total. The molecule has 0 saturated carbocycles. The lowest BCUT2D eigenvalue weighted by Crippen LogP contribution is -2.39. The number of ether oxygens (including phenoxy) is 1. The van der Waals surface area contributed by atoms with Crippen molar-refractivity contribution in [3.05, 3.63) is 82.2 Å². The van der Waals surface area contributed by atoms with Crippen LogP contribution in [0.2, 0.25) is 0 Å². The molecule has 4 rings (SSSR count). The molecule has 0 bridgehead atoms. The molecule has 5 heteroatoms. The maximum Gasteiger partial charge on any atom is 0.254 e. The SMILES string of the molecule is CCOc1ccccc1[C@H]1C(C(=O)Nc2ccccc2C)=C(C)NC2=C1C(=O)CC(C)(C)C2. The number of para-hydroxylation sites is 2. The van der Waals surface area contributed by atoms with Gasteiger partial charge in [-0.3, -0.25) is 9.59 Å². The topological polar surface area (TPSA) is 67.4 Å². The van der Waals surface area contributed by atoms with Crippen LogP contribution in [0.5, 0.6) is 5.75 Å². The fourth-order valence-corrected chi connectivity index (χ4v) is 4.96. The Bertz CT molecular complexity index is 1170. The number of hydrogen-bond acceptors (Lipinski definition) is 4. The normalized spacial score (nSPS) is 19.7. The number of Topliss-reactive ketones (excluding diaryl/α,β-unsaturated/α-hetero) is 1. The molecule has 1 amide bonds. The molecule has 0 fully saturated rings.